The van der Waals surface area contributed by atoms with E-state index in [0.29, 0.717) is 17.7 Å². The Hall–Kier alpha value is -0.0500. The van der Waals surface area contributed by atoms with Gasteiger partial charge in [-0.25, -0.2) is 0 Å². The highest BCUT2D eigenvalue weighted by molar-refractivity contribution is 9.10. The Kier molecular flexibility index (Phi) is 7.96. The molecule has 0 fully saturated rings. The number of rotatable bonds is 8. The molecule has 1 aromatic carbocycles. The van der Waals surface area contributed by atoms with E-state index in [9.17, 15) is 0 Å². The van der Waals surface area contributed by atoms with E-state index in [0.717, 1.165) is 30.5 Å². The molecule has 0 amide bonds. The van der Waals surface area contributed by atoms with Gasteiger partial charge in [0.15, 0.2) is 0 Å². The molecule has 102 valence electrons. The van der Waals surface area contributed by atoms with Gasteiger partial charge in [-0.15, -0.1) is 11.6 Å². The molecule has 1 nitrogen and oxygen atoms in total. The molecule has 0 aromatic heterocycles. The smallest absolute Gasteiger partial charge is 0.0472 e. The zero-order valence-electron chi connectivity index (χ0n) is 11.2. The summed E-state index contributed by atoms with van der Waals surface area (Å²) in [6, 6.07) is 8.39. The summed E-state index contributed by atoms with van der Waals surface area (Å²) in [6.07, 6.45) is 2.12. The molecule has 0 radical (unpaired) electrons. The first kappa shape index (κ1) is 16.0. The topological polar surface area (TPSA) is 9.23 Å². The third-order valence-electron chi connectivity index (χ3n) is 2.98. The maximum Gasteiger partial charge on any atom is 0.0472 e. The van der Waals surface area contributed by atoms with Gasteiger partial charge in [0, 0.05) is 23.6 Å². The Balaban J connectivity index is 2.31. The molecular formula is C15H22BrClO. The van der Waals surface area contributed by atoms with Crippen LogP contribution in [0.5, 0.6) is 0 Å². The Morgan fingerprint density at radius 2 is 1.72 bits per heavy atom. The zero-order valence-corrected chi connectivity index (χ0v) is 13.5. The van der Waals surface area contributed by atoms with Crippen molar-refractivity contribution in [3.63, 3.8) is 0 Å². The lowest BCUT2D eigenvalue weighted by Gasteiger charge is -2.15. The Bertz CT molecular complexity index is 324. The van der Waals surface area contributed by atoms with E-state index >= 15 is 0 Å². The summed E-state index contributed by atoms with van der Waals surface area (Å²) in [5, 5.41) is 0. The molecular weight excluding hydrogens is 312 g/mol. The number of hydrogen-bond acceptors (Lipinski definition) is 1. The maximum atomic E-state index is 6.04. The van der Waals surface area contributed by atoms with Crippen molar-refractivity contribution in [3.05, 3.63) is 34.3 Å². The first-order chi connectivity index (χ1) is 8.63. The fourth-order valence-electron chi connectivity index (χ4n) is 1.71. The quantitative estimate of drug-likeness (QED) is 0.468. The van der Waals surface area contributed by atoms with E-state index in [1.165, 1.54) is 5.56 Å². The van der Waals surface area contributed by atoms with Crippen LogP contribution in [-0.4, -0.2) is 19.1 Å². The predicted molar refractivity (Wildman–Crippen MR) is 82.5 cm³/mol. The van der Waals surface area contributed by atoms with Crippen molar-refractivity contribution in [2.24, 2.45) is 5.92 Å². The summed E-state index contributed by atoms with van der Waals surface area (Å²) in [5.41, 5.74) is 1.29. The molecule has 1 rings (SSSR count). The van der Waals surface area contributed by atoms with Crippen LogP contribution in [0.4, 0.5) is 0 Å². The lowest BCUT2D eigenvalue weighted by atomic mass is 9.98. The lowest BCUT2D eigenvalue weighted by molar-refractivity contribution is 0.118. The van der Waals surface area contributed by atoms with Crippen LogP contribution in [0.15, 0.2) is 28.7 Å². The fourth-order valence-corrected chi connectivity index (χ4v) is 2.31. The fraction of sp³-hybridized carbons (Fsp3) is 0.600. The Morgan fingerprint density at radius 1 is 1.11 bits per heavy atom. The molecule has 1 unspecified atom stereocenters. The number of alkyl halides is 1. The molecule has 0 saturated carbocycles. The molecule has 0 N–H and O–H groups in total. The Labute approximate surface area is 124 Å². The van der Waals surface area contributed by atoms with Crippen molar-refractivity contribution in [3.8, 4) is 0 Å². The maximum absolute atomic E-state index is 6.04. The van der Waals surface area contributed by atoms with Crippen LogP contribution >= 0.6 is 27.5 Å². The molecule has 0 saturated heterocycles. The zero-order chi connectivity index (χ0) is 13.4. The summed E-state index contributed by atoms with van der Waals surface area (Å²) >= 11 is 9.48. The van der Waals surface area contributed by atoms with E-state index in [4.69, 9.17) is 16.3 Å². The molecule has 0 bridgehead atoms. The largest absolute Gasteiger partial charge is 0.381 e. The van der Waals surface area contributed by atoms with Crippen molar-refractivity contribution in [1.82, 2.24) is 0 Å². The van der Waals surface area contributed by atoms with Crippen molar-refractivity contribution in [2.45, 2.75) is 32.6 Å². The van der Waals surface area contributed by atoms with Crippen molar-refractivity contribution >= 4 is 27.5 Å². The second-order valence-corrected chi connectivity index (χ2v) is 6.21. The van der Waals surface area contributed by atoms with Gasteiger partial charge in [0.2, 0.25) is 0 Å². The molecule has 0 spiro atoms. The predicted octanol–water partition coefficient (Wildman–Crippen LogP) is 5.22. The van der Waals surface area contributed by atoms with Crippen molar-refractivity contribution < 1.29 is 4.74 Å². The van der Waals surface area contributed by atoms with Crippen LogP contribution in [0.25, 0.3) is 0 Å². The highest BCUT2D eigenvalue weighted by Crippen LogP contribution is 2.23. The van der Waals surface area contributed by atoms with Gasteiger partial charge in [-0.3, -0.25) is 0 Å². The summed E-state index contributed by atoms with van der Waals surface area (Å²) < 4.78 is 6.76. The van der Waals surface area contributed by atoms with E-state index in [2.05, 4.69) is 54.0 Å². The van der Waals surface area contributed by atoms with E-state index < -0.39 is 0 Å². The van der Waals surface area contributed by atoms with Gasteiger partial charge in [0.25, 0.3) is 0 Å². The van der Waals surface area contributed by atoms with Crippen LogP contribution in [0.1, 0.15) is 38.2 Å². The van der Waals surface area contributed by atoms with Gasteiger partial charge in [-0.05, 0) is 42.4 Å². The van der Waals surface area contributed by atoms with Gasteiger partial charge in [0.05, 0.1) is 0 Å². The van der Waals surface area contributed by atoms with Crippen LogP contribution in [0, 0.1) is 5.92 Å². The average molecular weight is 334 g/mol. The van der Waals surface area contributed by atoms with Gasteiger partial charge in [-0.2, -0.15) is 0 Å². The molecule has 0 heterocycles. The highest BCUT2D eigenvalue weighted by atomic mass is 79.9. The SMILES string of the molecule is CC(C)CCOCCC(CCl)c1ccc(Br)cc1. The summed E-state index contributed by atoms with van der Waals surface area (Å²) in [7, 11) is 0. The van der Waals surface area contributed by atoms with Crippen molar-refractivity contribution in [2.75, 3.05) is 19.1 Å². The first-order valence-corrected chi connectivity index (χ1v) is 7.85. The molecule has 0 aliphatic carbocycles. The van der Waals surface area contributed by atoms with Crippen LogP contribution in [0.2, 0.25) is 0 Å². The second-order valence-electron chi connectivity index (χ2n) is 4.99. The number of benzene rings is 1. The minimum Gasteiger partial charge on any atom is -0.381 e. The standard InChI is InChI=1S/C15H22BrClO/c1-12(2)7-9-18-10-8-14(11-17)13-3-5-15(16)6-4-13/h3-6,12,14H,7-11H2,1-2H3. The van der Waals surface area contributed by atoms with Gasteiger partial charge in [0.1, 0.15) is 0 Å². The average Bonchev–Trinajstić information content (AvgIpc) is 2.35. The van der Waals surface area contributed by atoms with Gasteiger partial charge >= 0.3 is 0 Å². The number of ether oxygens (including phenoxy) is 1. The molecule has 0 aliphatic rings. The van der Waals surface area contributed by atoms with Gasteiger partial charge < -0.3 is 4.74 Å². The second kappa shape index (κ2) is 8.95. The lowest BCUT2D eigenvalue weighted by Crippen LogP contribution is -2.07. The summed E-state index contributed by atoms with van der Waals surface area (Å²) in [4.78, 5) is 0. The third-order valence-corrected chi connectivity index (χ3v) is 3.88. The van der Waals surface area contributed by atoms with Crippen LogP contribution in [0.3, 0.4) is 0 Å². The van der Waals surface area contributed by atoms with Crippen LogP contribution < -0.4 is 0 Å². The summed E-state index contributed by atoms with van der Waals surface area (Å²) in [6.45, 7) is 6.08. The molecule has 18 heavy (non-hydrogen) atoms. The number of halogens is 2. The van der Waals surface area contributed by atoms with E-state index in [1.54, 1.807) is 0 Å². The summed E-state index contributed by atoms with van der Waals surface area (Å²) in [5.74, 6) is 1.74. The van der Waals surface area contributed by atoms with Crippen molar-refractivity contribution in [1.29, 1.82) is 0 Å². The molecule has 1 atom stereocenters. The molecule has 1 aromatic rings. The normalized spacial score (nSPS) is 12.9. The molecule has 0 aliphatic heterocycles. The first-order valence-electron chi connectivity index (χ1n) is 6.52. The van der Waals surface area contributed by atoms with E-state index in [-0.39, 0.29) is 0 Å². The highest BCUT2D eigenvalue weighted by Gasteiger charge is 2.10. The third kappa shape index (κ3) is 6.21. The number of hydrogen-bond donors (Lipinski definition) is 0. The van der Waals surface area contributed by atoms with Gasteiger partial charge in [-0.1, -0.05) is 41.9 Å². The van der Waals surface area contributed by atoms with Crippen LogP contribution in [-0.2, 0) is 4.74 Å². The minimum atomic E-state index is 0.388. The van der Waals surface area contributed by atoms with E-state index in [1.807, 2.05) is 0 Å². The monoisotopic (exact) mass is 332 g/mol. The minimum absolute atomic E-state index is 0.388. The Morgan fingerprint density at radius 3 is 2.28 bits per heavy atom. The molecule has 3 heteroatoms.